The lowest BCUT2D eigenvalue weighted by Gasteiger charge is -2.18. The van der Waals surface area contributed by atoms with E-state index in [1.54, 1.807) is 6.08 Å². The first kappa shape index (κ1) is 12.5. The Labute approximate surface area is 95.0 Å². The topological polar surface area (TPSA) is 60.4 Å². The Bertz CT molecular complexity index is 355. The summed E-state index contributed by atoms with van der Waals surface area (Å²) in [4.78, 5) is 10.7. The minimum Gasteiger partial charge on any atom is -0.550 e. The minimum absolute atomic E-state index is 0.273. The lowest BCUT2D eigenvalue weighted by Crippen LogP contribution is -2.37. The van der Waals surface area contributed by atoms with Gasteiger partial charge in [0.15, 0.2) is 0 Å². The average molecular weight is 219 g/mol. The van der Waals surface area contributed by atoms with Gasteiger partial charge in [0.2, 0.25) is 0 Å². The number of allylic oxidation sites excluding steroid dienone is 1. The van der Waals surface area contributed by atoms with Gasteiger partial charge >= 0.3 is 0 Å². The van der Waals surface area contributed by atoms with E-state index in [9.17, 15) is 15.0 Å². The second-order valence-corrected chi connectivity index (χ2v) is 3.71. The van der Waals surface area contributed by atoms with Crippen LogP contribution in [0, 0.1) is 5.92 Å². The van der Waals surface area contributed by atoms with Gasteiger partial charge in [-0.3, -0.25) is 0 Å². The molecule has 1 aromatic carbocycles. The summed E-state index contributed by atoms with van der Waals surface area (Å²) in [6, 6.07) is 9.58. The van der Waals surface area contributed by atoms with E-state index in [2.05, 4.69) is 0 Å². The zero-order valence-electron chi connectivity index (χ0n) is 9.17. The summed E-state index contributed by atoms with van der Waals surface area (Å²) < 4.78 is 0. The second kappa shape index (κ2) is 6.08. The molecule has 0 aliphatic rings. The molecule has 0 heterocycles. The SMILES string of the molecule is CC(O)C(C/C=C/c1ccccc1)C(=O)[O-]. The lowest BCUT2D eigenvalue weighted by atomic mass is 9.99. The van der Waals surface area contributed by atoms with E-state index >= 15 is 0 Å². The first-order valence-electron chi connectivity index (χ1n) is 5.21. The van der Waals surface area contributed by atoms with Crippen LogP contribution in [0.2, 0.25) is 0 Å². The molecule has 16 heavy (non-hydrogen) atoms. The summed E-state index contributed by atoms with van der Waals surface area (Å²) in [7, 11) is 0. The normalized spacial score (nSPS) is 14.9. The fourth-order valence-corrected chi connectivity index (χ4v) is 1.40. The summed E-state index contributed by atoms with van der Waals surface area (Å²) in [5.74, 6) is -2.06. The third-order valence-corrected chi connectivity index (χ3v) is 2.38. The Balaban J connectivity index is 2.56. The van der Waals surface area contributed by atoms with Crippen LogP contribution < -0.4 is 5.11 Å². The van der Waals surface area contributed by atoms with Crippen molar-refractivity contribution in [2.45, 2.75) is 19.4 Å². The third kappa shape index (κ3) is 3.87. The first-order valence-corrected chi connectivity index (χ1v) is 5.21. The average Bonchev–Trinajstić information content (AvgIpc) is 2.24. The van der Waals surface area contributed by atoms with Gasteiger partial charge in [0.25, 0.3) is 0 Å². The third-order valence-electron chi connectivity index (χ3n) is 2.38. The number of aliphatic carboxylic acids is 1. The van der Waals surface area contributed by atoms with E-state index in [1.165, 1.54) is 6.92 Å². The number of rotatable bonds is 5. The summed E-state index contributed by atoms with van der Waals surface area (Å²) in [5, 5.41) is 19.9. The quantitative estimate of drug-likeness (QED) is 0.798. The number of carboxylic acids is 1. The number of aliphatic hydroxyl groups is 1. The Morgan fingerprint density at radius 3 is 2.56 bits per heavy atom. The first-order chi connectivity index (χ1) is 7.61. The second-order valence-electron chi connectivity index (χ2n) is 3.71. The zero-order chi connectivity index (χ0) is 12.0. The summed E-state index contributed by atoms with van der Waals surface area (Å²) >= 11 is 0. The van der Waals surface area contributed by atoms with Crippen molar-refractivity contribution >= 4 is 12.0 Å². The highest BCUT2D eigenvalue weighted by Gasteiger charge is 2.13. The molecule has 0 spiro atoms. The van der Waals surface area contributed by atoms with Gasteiger partial charge in [-0.25, -0.2) is 0 Å². The van der Waals surface area contributed by atoms with Gasteiger partial charge in [-0.05, 0) is 18.9 Å². The molecule has 3 heteroatoms. The molecule has 2 unspecified atom stereocenters. The summed E-state index contributed by atoms with van der Waals surface area (Å²) in [6.07, 6.45) is 2.95. The largest absolute Gasteiger partial charge is 0.550 e. The molecular weight excluding hydrogens is 204 g/mol. The number of carboxylic acid groups (broad SMARTS) is 1. The van der Waals surface area contributed by atoms with Crippen LogP contribution in [0.3, 0.4) is 0 Å². The molecule has 1 aromatic rings. The van der Waals surface area contributed by atoms with Crippen molar-refractivity contribution in [3.05, 3.63) is 42.0 Å². The number of carbonyl (C=O) groups excluding carboxylic acids is 1. The fraction of sp³-hybridized carbons (Fsp3) is 0.308. The molecule has 0 aromatic heterocycles. The number of hydrogen-bond donors (Lipinski definition) is 1. The van der Waals surface area contributed by atoms with Gasteiger partial charge in [0.1, 0.15) is 0 Å². The van der Waals surface area contributed by atoms with Crippen LogP contribution in [0.4, 0.5) is 0 Å². The zero-order valence-corrected chi connectivity index (χ0v) is 9.17. The summed E-state index contributed by atoms with van der Waals surface area (Å²) in [6.45, 7) is 1.46. The highest BCUT2D eigenvalue weighted by molar-refractivity contribution is 5.68. The number of carbonyl (C=O) groups is 1. The smallest absolute Gasteiger partial charge is 0.0595 e. The van der Waals surface area contributed by atoms with Gasteiger partial charge in [0, 0.05) is 11.9 Å². The van der Waals surface area contributed by atoms with Crippen LogP contribution in [0.25, 0.3) is 6.08 Å². The highest BCUT2D eigenvalue weighted by Crippen LogP contribution is 2.10. The lowest BCUT2D eigenvalue weighted by molar-refractivity contribution is -0.313. The molecular formula is C13H15O3-. The summed E-state index contributed by atoms with van der Waals surface area (Å²) in [5.41, 5.74) is 1.00. The number of benzene rings is 1. The van der Waals surface area contributed by atoms with Crippen molar-refractivity contribution < 1.29 is 15.0 Å². The molecule has 1 rings (SSSR count). The molecule has 2 atom stereocenters. The van der Waals surface area contributed by atoms with E-state index in [0.717, 1.165) is 5.56 Å². The Morgan fingerprint density at radius 2 is 2.06 bits per heavy atom. The minimum atomic E-state index is -1.22. The van der Waals surface area contributed by atoms with Crippen LogP contribution in [-0.2, 0) is 4.79 Å². The van der Waals surface area contributed by atoms with Crippen LogP contribution in [0.5, 0.6) is 0 Å². The van der Waals surface area contributed by atoms with Crippen molar-refractivity contribution in [3.63, 3.8) is 0 Å². The van der Waals surface area contributed by atoms with Gasteiger partial charge in [-0.2, -0.15) is 0 Å². The van der Waals surface area contributed by atoms with Crippen LogP contribution in [-0.4, -0.2) is 17.2 Å². The Hall–Kier alpha value is -1.61. The molecule has 0 saturated carbocycles. The van der Waals surface area contributed by atoms with Crippen molar-refractivity contribution in [1.29, 1.82) is 0 Å². The van der Waals surface area contributed by atoms with Crippen LogP contribution in [0.15, 0.2) is 36.4 Å². The molecule has 0 fully saturated rings. The molecule has 0 bridgehead atoms. The maximum absolute atomic E-state index is 10.7. The number of aliphatic hydroxyl groups excluding tert-OH is 1. The number of hydrogen-bond acceptors (Lipinski definition) is 3. The monoisotopic (exact) mass is 219 g/mol. The van der Waals surface area contributed by atoms with Gasteiger partial charge in [-0.15, -0.1) is 0 Å². The maximum Gasteiger partial charge on any atom is 0.0595 e. The Morgan fingerprint density at radius 1 is 1.44 bits per heavy atom. The molecule has 0 aliphatic heterocycles. The van der Waals surface area contributed by atoms with Gasteiger partial charge in [0.05, 0.1) is 6.10 Å². The molecule has 0 saturated heterocycles. The molecule has 86 valence electrons. The van der Waals surface area contributed by atoms with E-state index in [0.29, 0.717) is 0 Å². The van der Waals surface area contributed by atoms with E-state index in [-0.39, 0.29) is 6.42 Å². The van der Waals surface area contributed by atoms with Crippen molar-refractivity contribution in [3.8, 4) is 0 Å². The molecule has 3 nitrogen and oxygen atoms in total. The van der Waals surface area contributed by atoms with E-state index in [1.807, 2.05) is 36.4 Å². The van der Waals surface area contributed by atoms with Crippen LogP contribution in [0.1, 0.15) is 18.9 Å². The molecule has 1 N–H and O–H groups in total. The Kier molecular flexibility index (Phi) is 4.73. The van der Waals surface area contributed by atoms with Crippen molar-refractivity contribution in [1.82, 2.24) is 0 Å². The molecule has 0 radical (unpaired) electrons. The van der Waals surface area contributed by atoms with Crippen molar-refractivity contribution in [2.24, 2.45) is 5.92 Å². The predicted octanol–water partition coefficient (Wildman–Crippen LogP) is 0.837. The van der Waals surface area contributed by atoms with Crippen molar-refractivity contribution in [2.75, 3.05) is 0 Å². The molecule has 0 amide bonds. The van der Waals surface area contributed by atoms with E-state index < -0.39 is 18.0 Å². The fourth-order valence-electron chi connectivity index (χ4n) is 1.40. The van der Waals surface area contributed by atoms with E-state index in [4.69, 9.17) is 0 Å². The predicted molar refractivity (Wildman–Crippen MR) is 60.3 cm³/mol. The van der Waals surface area contributed by atoms with Gasteiger partial charge < -0.3 is 15.0 Å². The highest BCUT2D eigenvalue weighted by atomic mass is 16.4. The maximum atomic E-state index is 10.7. The standard InChI is InChI=1S/C13H16O3/c1-10(14)12(13(15)16)9-5-8-11-6-3-2-4-7-11/h2-8,10,12,14H,9H2,1H3,(H,15,16)/p-1/b8-5+. The van der Waals surface area contributed by atoms with Gasteiger partial charge in [-0.1, -0.05) is 42.5 Å². The van der Waals surface area contributed by atoms with Crippen LogP contribution >= 0.6 is 0 Å². The molecule has 0 aliphatic carbocycles.